The first-order valence-corrected chi connectivity index (χ1v) is 13.9. The minimum atomic E-state index is 0.887. The van der Waals surface area contributed by atoms with Crippen LogP contribution in [0.25, 0.3) is 71.0 Å². The molecule has 0 saturated carbocycles. The van der Waals surface area contributed by atoms with E-state index in [1.807, 2.05) is 18.2 Å². The van der Waals surface area contributed by atoms with Crippen LogP contribution in [-0.2, 0) is 0 Å². The molecule has 3 heteroatoms. The molecule has 9 aromatic rings. The fourth-order valence-electron chi connectivity index (χ4n) is 6.42. The molecule has 0 aliphatic carbocycles. The maximum atomic E-state index is 6.47. The summed E-state index contributed by atoms with van der Waals surface area (Å²) in [7, 11) is 0. The lowest BCUT2D eigenvalue weighted by atomic mass is 10.0. The largest absolute Gasteiger partial charge is 0.456 e. The van der Waals surface area contributed by atoms with Gasteiger partial charge in [-0.2, -0.15) is 0 Å². The van der Waals surface area contributed by atoms with Gasteiger partial charge < -0.3 is 14.3 Å². The number of furan rings is 1. The Balaban J connectivity index is 1.36. The number of hydrogen-bond donors (Lipinski definition) is 1. The molecule has 0 aliphatic rings. The maximum Gasteiger partial charge on any atom is 0.137 e. The van der Waals surface area contributed by atoms with Crippen LogP contribution in [0.4, 0.5) is 11.4 Å². The summed E-state index contributed by atoms with van der Waals surface area (Å²) in [4.78, 5) is 0. The molecule has 0 bridgehead atoms. The van der Waals surface area contributed by atoms with Crippen molar-refractivity contribution in [2.45, 2.75) is 0 Å². The molecular weight excluding hydrogens is 500 g/mol. The molecular formula is C38H24N2O. The number of aromatic nitrogens is 1. The van der Waals surface area contributed by atoms with E-state index in [4.69, 9.17) is 4.42 Å². The predicted octanol–water partition coefficient (Wildman–Crippen LogP) is 10.7. The van der Waals surface area contributed by atoms with Gasteiger partial charge in [0.1, 0.15) is 11.2 Å². The second kappa shape index (κ2) is 8.48. The maximum absolute atomic E-state index is 6.47. The average molecular weight is 525 g/mol. The third-order valence-corrected chi connectivity index (χ3v) is 8.30. The highest BCUT2D eigenvalue weighted by Crippen LogP contribution is 2.41. The number of fused-ring (bicyclic) bond motifs is 9. The monoisotopic (exact) mass is 524 g/mol. The first-order valence-electron chi connectivity index (χ1n) is 13.9. The zero-order valence-electron chi connectivity index (χ0n) is 22.1. The van der Waals surface area contributed by atoms with Crippen molar-refractivity contribution in [3.05, 3.63) is 140 Å². The van der Waals surface area contributed by atoms with Crippen molar-refractivity contribution in [3.63, 3.8) is 0 Å². The van der Waals surface area contributed by atoms with Gasteiger partial charge in [0.25, 0.3) is 0 Å². The van der Waals surface area contributed by atoms with Crippen LogP contribution in [0.5, 0.6) is 0 Å². The van der Waals surface area contributed by atoms with Gasteiger partial charge in [0.15, 0.2) is 0 Å². The molecule has 9 rings (SSSR count). The lowest BCUT2D eigenvalue weighted by molar-refractivity contribution is 0.669. The van der Waals surface area contributed by atoms with E-state index >= 15 is 0 Å². The highest BCUT2D eigenvalue weighted by molar-refractivity contribution is 6.24. The number of para-hydroxylation sites is 1. The Morgan fingerprint density at radius 3 is 2.10 bits per heavy atom. The van der Waals surface area contributed by atoms with E-state index in [1.54, 1.807) is 0 Å². The van der Waals surface area contributed by atoms with Gasteiger partial charge in [-0.15, -0.1) is 0 Å². The van der Waals surface area contributed by atoms with E-state index in [9.17, 15) is 0 Å². The van der Waals surface area contributed by atoms with Gasteiger partial charge in [-0.25, -0.2) is 0 Å². The van der Waals surface area contributed by atoms with Crippen LogP contribution in [0.3, 0.4) is 0 Å². The molecule has 0 saturated heterocycles. The lowest BCUT2D eigenvalue weighted by Crippen LogP contribution is -1.93. The first-order chi connectivity index (χ1) is 20.3. The number of nitrogens with one attached hydrogen (secondary N) is 1. The number of nitrogens with zero attached hydrogens (tertiary/aromatic N) is 1. The molecule has 2 heterocycles. The molecule has 192 valence electrons. The summed E-state index contributed by atoms with van der Waals surface area (Å²) >= 11 is 0. The number of benzene rings is 7. The van der Waals surface area contributed by atoms with Crippen LogP contribution in [0.2, 0.25) is 0 Å². The molecule has 1 N–H and O–H groups in total. The van der Waals surface area contributed by atoms with E-state index in [0.29, 0.717) is 0 Å². The van der Waals surface area contributed by atoms with Crippen molar-refractivity contribution in [2.75, 3.05) is 5.32 Å². The molecule has 0 fully saturated rings. The lowest BCUT2D eigenvalue weighted by Gasteiger charge is -2.10. The smallest absolute Gasteiger partial charge is 0.137 e. The van der Waals surface area contributed by atoms with Crippen molar-refractivity contribution in [2.24, 2.45) is 0 Å². The average Bonchev–Trinajstić information content (AvgIpc) is 3.54. The second-order valence-electron chi connectivity index (χ2n) is 10.7. The van der Waals surface area contributed by atoms with Crippen LogP contribution < -0.4 is 5.32 Å². The van der Waals surface area contributed by atoms with Crippen LogP contribution in [0.1, 0.15) is 0 Å². The van der Waals surface area contributed by atoms with Gasteiger partial charge in [0.05, 0.1) is 11.0 Å². The zero-order chi connectivity index (χ0) is 26.9. The highest BCUT2D eigenvalue weighted by atomic mass is 16.3. The fraction of sp³-hybridized carbons (Fsp3) is 0. The van der Waals surface area contributed by atoms with Crippen LogP contribution in [0, 0.1) is 0 Å². The third kappa shape index (κ3) is 3.39. The Bertz CT molecular complexity index is 2450. The number of anilines is 2. The van der Waals surface area contributed by atoms with Crippen molar-refractivity contribution >= 4 is 76.7 Å². The molecule has 0 unspecified atom stereocenters. The van der Waals surface area contributed by atoms with E-state index in [-0.39, 0.29) is 0 Å². The van der Waals surface area contributed by atoms with E-state index in [1.165, 1.54) is 37.8 Å². The summed E-state index contributed by atoms with van der Waals surface area (Å²) in [6, 6.07) is 49.6. The minimum Gasteiger partial charge on any atom is -0.456 e. The van der Waals surface area contributed by atoms with Gasteiger partial charge in [0.2, 0.25) is 0 Å². The summed E-state index contributed by atoms with van der Waals surface area (Å²) in [5.41, 5.74) is 7.35. The van der Waals surface area contributed by atoms with Crippen molar-refractivity contribution < 1.29 is 4.42 Å². The quantitative estimate of drug-likeness (QED) is 0.249. The van der Waals surface area contributed by atoms with Crippen molar-refractivity contribution in [1.82, 2.24) is 4.57 Å². The third-order valence-electron chi connectivity index (χ3n) is 8.30. The summed E-state index contributed by atoms with van der Waals surface area (Å²) < 4.78 is 8.86. The molecule has 2 aromatic heterocycles. The predicted molar refractivity (Wildman–Crippen MR) is 173 cm³/mol. The van der Waals surface area contributed by atoms with E-state index in [0.717, 1.165) is 44.5 Å². The van der Waals surface area contributed by atoms with Crippen LogP contribution in [-0.4, -0.2) is 4.57 Å². The topological polar surface area (TPSA) is 30.1 Å². The van der Waals surface area contributed by atoms with Gasteiger partial charge in [-0.05, 0) is 76.1 Å². The second-order valence-corrected chi connectivity index (χ2v) is 10.7. The molecule has 0 amide bonds. The molecule has 3 nitrogen and oxygen atoms in total. The van der Waals surface area contributed by atoms with Crippen LogP contribution >= 0.6 is 0 Å². The van der Waals surface area contributed by atoms with Crippen molar-refractivity contribution in [1.29, 1.82) is 0 Å². The van der Waals surface area contributed by atoms with Crippen LogP contribution in [0.15, 0.2) is 144 Å². The van der Waals surface area contributed by atoms with E-state index < -0.39 is 0 Å². The van der Waals surface area contributed by atoms with Gasteiger partial charge in [0, 0.05) is 44.7 Å². The number of hydrogen-bond acceptors (Lipinski definition) is 2. The highest BCUT2D eigenvalue weighted by Gasteiger charge is 2.18. The Kier molecular flexibility index (Phi) is 4.61. The Labute approximate surface area is 235 Å². The van der Waals surface area contributed by atoms with E-state index in [2.05, 4.69) is 131 Å². The summed E-state index contributed by atoms with van der Waals surface area (Å²) in [6.07, 6.45) is 0. The zero-order valence-corrected chi connectivity index (χ0v) is 22.1. The SMILES string of the molecule is c1ccc(Nc2ccc3oc4cc5c(cc4c3c2)c2c3ccccc3ccc2n5-c2ccc3ccccc3c2)cc1. The minimum absolute atomic E-state index is 0.887. The summed E-state index contributed by atoms with van der Waals surface area (Å²) in [5, 5.41) is 13.2. The fourth-order valence-corrected chi connectivity index (χ4v) is 6.42. The molecule has 0 atom stereocenters. The molecule has 41 heavy (non-hydrogen) atoms. The Morgan fingerprint density at radius 2 is 1.20 bits per heavy atom. The Hall–Kier alpha value is -5.54. The molecule has 7 aromatic carbocycles. The molecule has 0 radical (unpaired) electrons. The first kappa shape index (κ1) is 22.3. The summed E-state index contributed by atoms with van der Waals surface area (Å²) in [6.45, 7) is 0. The Morgan fingerprint density at radius 1 is 0.439 bits per heavy atom. The molecule has 0 spiro atoms. The van der Waals surface area contributed by atoms with Gasteiger partial charge in [-0.3, -0.25) is 0 Å². The number of rotatable bonds is 3. The molecule has 0 aliphatic heterocycles. The van der Waals surface area contributed by atoms with Crippen molar-refractivity contribution in [3.8, 4) is 5.69 Å². The summed E-state index contributed by atoms with van der Waals surface area (Å²) in [5.74, 6) is 0. The normalized spacial score (nSPS) is 11.9. The van der Waals surface area contributed by atoms with Gasteiger partial charge >= 0.3 is 0 Å². The standard InChI is InChI=1S/C38H24N2O/c1-2-11-27(12-3-1)39-28-16-19-36-31(21-28)32-22-33-35(23-37(32)41-36)40(29-17-14-24-8-4-5-10-26(24)20-29)34-18-15-25-9-6-7-13-30(25)38(33)34/h1-23,39H. The van der Waals surface area contributed by atoms with Gasteiger partial charge in [-0.1, -0.05) is 78.9 Å².